The van der Waals surface area contributed by atoms with E-state index in [4.69, 9.17) is 9.47 Å². The lowest BCUT2D eigenvalue weighted by Crippen LogP contribution is -2.50. The maximum Gasteiger partial charge on any atom is 0.407 e. The molecule has 178 valence electrons. The van der Waals surface area contributed by atoms with Gasteiger partial charge >= 0.3 is 12.1 Å². The van der Waals surface area contributed by atoms with Crippen molar-refractivity contribution >= 4 is 18.0 Å². The number of ether oxygens (including phenoxy) is 2. The summed E-state index contributed by atoms with van der Waals surface area (Å²) in [7, 11) is 0. The SMILES string of the molecule is O=C(O)CC(NC(=O)OCC1c2ccccc2-c2ccccc21)C(=O)N1CCC2(CCCO2)C1. The van der Waals surface area contributed by atoms with E-state index in [1.54, 1.807) is 4.90 Å². The quantitative estimate of drug-likeness (QED) is 0.681. The van der Waals surface area contributed by atoms with Gasteiger partial charge < -0.3 is 24.8 Å². The van der Waals surface area contributed by atoms with Crippen LogP contribution >= 0.6 is 0 Å². The van der Waals surface area contributed by atoms with Crippen molar-refractivity contribution in [3.63, 3.8) is 0 Å². The molecule has 0 bridgehead atoms. The molecule has 2 aromatic carbocycles. The molecule has 3 aliphatic rings. The van der Waals surface area contributed by atoms with Gasteiger partial charge in [0.2, 0.25) is 5.91 Å². The smallest absolute Gasteiger partial charge is 0.407 e. The molecule has 0 radical (unpaired) electrons. The van der Waals surface area contributed by atoms with E-state index in [-0.39, 0.29) is 18.1 Å². The van der Waals surface area contributed by atoms with Gasteiger partial charge in [-0.15, -0.1) is 0 Å². The zero-order valence-corrected chi connectivity index (χ0v) is 18.9. The number of nitrogens with zero attached hydrogens (tertiary/aromatic N) is 1. The molecule has 2 N–H and O–H groups in total. The number of rotatable bonds is 6. The summed E-state index contributed by atoms with van der Waals surface area (Å²) in [5.41, 5.74) is 4.06. The average molecular weight is 465 g/mol. The second-order valence-electron chi connectivity index (χ2n) is 9.27. The predicted molar refractivity (Wildman–Crippen MR) is 123 cm³/mol. The van der Waals surface area contributed by atoms with Crippen molar-refractivity contribution in [2.75, 3.05) is 26.3 Å². The number of nitrogens with one attached hydrogen (secondary N) is 1. The molecule has 2 heterocycles. The number of hydrogen-bond acceptors (Lipinski definition) is 5. The first kappa shape index (κ1) is 22.4. The van der Waals surface area contributed by atoms with E-state index in [9.17, 15) is 19.5 Å². The van der Waals surface area contributed by atoms with Gasteiger partial charge in [0.1, 0.15) is 12.6 Å². The summed E-state index contributed by atoms with van der Waals surface area (Å²) in [4.78, 5) is 38.8. The normalized spacial score (nSPS) is 21.8. The van der Waals surface area contributed by atoms with E-state index in [0.717, 1.165) is 41.5 Å². The number of carboxylic acid groups (broad SMARTS) is 1. The standard InChI is InChI=1S/C26H28N2O6/c29-23(30)14-22(24(31)28-12-11-26(16-28)10-5-13-34-26)27-25(32)33-15-21-19-8-3-1-6-17(19)18-7-2-4-9-20(18)21/h1-4,6-9,21-22H,5,10-16H2,(H,27,32)(H,29,30). The molecule has 8 heteroatoms. The summed E-state index contributed by atoms with van der Waals surface area (Å²) in [6.45, 7) is 1.68. The minimum absolute atomic E-state index is 0.0918. The second kappa shape index (κ2) is 9.10. The molecule has 2 fully saturated rings. The van der Waals surface area contributed by atoms with Gasteiger partial charge in [-0.25, -0.2) is 4.79 Å². The van der Waals surface area contributed by atoms with Crippen molar-refractivity contribution in [2.45, 2.75) is 43.2 Å². The van der Waals surface area contributed by atoms with Gasteiger partial charge in [-0.3, -0.25) is 9.59 Å². The van der Waals surface area contributed by atoms with Crippen molar-refractivity contribution in [1.82, 2.24) is 10.2 Å². The Morgan fingerprint density at radius 3 is 2.38 bits per heavy atom. The number of aliphatic carboxylic acids is 1. The lowest BCUT2D eigenvalue weighted by Gasteiger charge is -2.26. The van der Waals surface area contributed by atoms with Crippen LogP contribution in [-0.4, -0.2) is 65.9 Å². The van der Waals surface area contributed by atoms with Gasteiger partial charge in [-0.1, -0.05) is 48.5 Å². The van der Waals surface area contributed by atoms with Crippen molar-refractivity contribution in [2.24, 2.45) is 0 Å². The Morgan fingerprint density at radius 2 is 1.76 bits per heavy atom. The van der Waals surface area contributed by atoms with E-state index < -0.39 is 30.4 Å². The molecule has 5 rings (SSSR count). The van der Waals surface area contributed by atoms with E-state index in [0.29, 0.717) is 19.7 Å². The van der Waals surface area contributed by atoms with Crippen LogP contribution in [0.4, 0.5) is 4.79 Å². The number of carboxylic acids is 1. The van der Waals surface area contributed by atoms with E-state index in [1.807, 2.05) is 48.5 Å². The van der Waals surface area contributed by atoms with Crippen molar-refractivity contribution < 1.29 is 29.0 Å². The van der Waals surface area contributed by atoms with Gasteiger partial charge in [-0.2, -0.15) is 0 Å². The van der Waals surface area contributed by atoms with Crippen molar-refractivity contribution in [1.29, 1.82) is 0 Å². The summed E-state index contributed by atoms with van der Waals surface area (Å²) < 4.78 is 11.4. The summed E-state index contributed by atoms with van der Waals surface area (Å²) in [5, 5.41) is 11.8. The maximum absolute atomic E-state index is 13.1. The highest BCUT2D eigenvalue weighted by Crippen LogP contribution is 2.44. The first-order valence-corrected chi connectivity index (χ1v) is 11.7. The summed E-state index contributed by atoms with van der Waals surface area (Å²) in [6, 6.07) is 14.8. The number of amides is 2. The molecule has 0 saturated carbocycles. The fourth-order valence-corrected chi connectivity index (χ4v) is 5.49. The average Bonchev–Trinajstić information content (AvgIpc) is 3.55. The number of carbonyl (C=O) groups excluding carboxylic acids is 2. The number of carbonyl (C=O) groups is 3. The van der Waals surface area contributed by atoms with Crippen LogP contribution in [0, 0.1) is 0 Å². The summed E-state index contributed by atoms with van der Waals surface area (Å²) >= 11 is 0. The fraction of sp³-hybridized carbons (Fsp3) is 0.423. The zero-order chi connectivity index (χ0) is 23.7. The molecular formula is C26H28N2O6. The Balaban J connectivity index is 1.24. The molecule has 2 aliphatic heterocycles. The van der Waals surface area contributed by atoms with Gasteiger partial charge in [0.05, 0.1) is 12.0 Å². The lowest BCUT2D eigenvalue weighted by molar-refractivity contribution is -0.142. The van der Waals surface area contributed by atoms with Crippen LogP contribution in [0.1, 0.15) is 42.7 Å². The van der Waals surface area contributed by atoms with Gasteiger partial charge in [0.15, 0.2) is 0 Å². The van der Waals surface area contributed by atoms with Gasteiger partial charge in [-0.05, 0) is 41.5 Å². The fourth-order valence-electron chi connectivity index (χ4n) is 5.49. The molecule has 8 nitrogen and oxygen atoms in total. The summed E-state index contributed by atoms with van der Waals surface area (Å²) in [6.07, 6.45) is 1.27. The van der Waals surface area contributed by atoms with Crippen LogP contribution in [0.5, 0.6) is 0 Å². The number of benzene rings is 2. The molecule has 1 spiro atoms. The molecule has 1 aliphatic carbocycles. The highest BCUT2D eigenvalue weighted by Gasteiger charge is 2.44. The first-order valence-electron chi connectivity index (χ1n) is 11.7. The maximum atomic E-state index is 13.1. The van der Waals surface area contributed by atoms with Crippen LogP contribution in [0.25, 0.3) is 11.1 Å². The van der Waals surface area contributed by atoms with Crippen molar-refractivity contribution in [3.05, 3.63) is 59.7 Å². The minimum atomic E-state index is -1.19. The highest BCUT2D eigenvalue weighted by molar-refractivity contribution is 5.89. The molecule has 2 atom stereocenters. The number of likely N-dealkylation sites (tertiary alicyclic amines) is 1. The van der Waals surface area contributed by atoms with E-state index in [1.165, 1.54) is 0 Å². The molecule has 34 heavy (non-hydrogen) atoms. The highest BCUT2D eigenvalue weighted by atomic mass is 16.5. The second-order valence-corrected chi connectivity index (χ2v) is 9.27. The topological polar surface area (TPSA) is 105 Å². The molecule has 2 unspecified atom stereocenters. The van der Waals surface area contributed by atoms with Crippen LogP contribution in [-0.2, 0) is 19.1 Å². The van der Waals surface area contributed by atoms with Crippen molar-refractivity contribution in [3.8, 4) is 11.1 Å². The largest absolute Gasteiger partial charge is 0.481 e. The number of hydrogen-bond donors (Lipinski definition) is 2. The lowest BCUT2D eigenvalue weighted by atomic mass is 9.98. The van der Waals surface area contributed by atoms with E-state index >= 15 is 0 Å². The third kappa shape index (κ3) is 4.25. The van der Waals surface area contributed by atoms with E-state index in [2.05, 4.69) is 5.32 Å². The third-order valence-electron chi connectivity index (χ3n) is 7.13. The Bertz CT molecular complexity index is 1060. The molecular weight excluding hydrogens is 436 g/mol. The Morgan fingerprint density at radius 1 is 1.09 bits per heavy atom. The molecule has 2 amide bonds. The third-order valence-corrected chi connectivity index (χ3v) is 7.13. The van der Waals surface area contributed by atoms with Crippen LogP contribution in [0.3, 0.4) is 0 Å². The number of alkyl carbamates (subject to hydrolysis) is 1. The minimum Gasteiger partial charge on any atom is -0.481 e. The predicted octanol–water partition coefficient (Wildman–Crippen LogP) is 3.15. The monoisotopic (exact) mass is 464 g/mol. The molecule has 2 saturated heterocycles. The number of fused-ring (bicyclic) bond motifs is 3. The van der Waals surface area contributed by atoms with Gasteiger partial charge in [0.25, 0.3) is 0 Å². The molecule has 2 aromatic rings. The van der Waals surface area contributed by atoms with Gasteiger partial charge in [0, 0.05) is 25.6 Å². The zero-order valence-electron chi connectivity index (χ0n) is 18.9. The van der Waals surface area contributed by atoms with Crippen LogP contribution in [0.15, 0.2) is 48.5 Å². The van der Waals surface area contributed by atoms with Crippen LogP contribution < -0.4 is 5.32 Å². The first-order chi connectivity index (χ1) is 16.5. The van der Waals surface area contributed by atoms with Crippen LogP contribution in [0.2, 0.25) is 0 Å². The Kier molecular flexibility index (Phi) is 6.00. The summed E-state index contributed by atoms with van der Waals surface area (Å²) in [5.74, 6) is -1.70. The Hall–Kier alpha value is -3.39. The molecule has 0 aromatic heterocycles. The Labute approximate surface area is 197 Å².